The van der Waals surface area contributed by atoms with Crippen molar-refractivity contribution >= 4 is 0 Å². The molecule has 0 bridgehead atoms. The SMILES string of the molecule is CCCCn1c(-c2ccccc2)nc(-c2ccccc2)c1CN(Cc1ccc(OC(F)F)cc1)Cc1cc(F)cc(F)c1. The van der Waals surface area contributed by atoms with Crippen molar-refractivity contribution in [3.63, 3.8) is 0 Å². The molecule has 1 aromatic heterocycles. The maximum Gasteiger partial charge on any atom is 0.387 e. The average molecular weight is 588 g/mol. The monoisotopic (exact) mass is 587 g/mol. The van der Waals surface area contributed by atoms with Gasteiger partial charge in [0.15, 0.2) is 0 Å². The first-order chi connectivity index (χ1) is 20.9. The van der Waals surface area contributed by atoms with Gasteiger partial charge in [-0.15, -0.1) is 0 Å². The van der Waals surface area contributed by atoms with Crippen LogP contribution in [0.15, 0.2) is 103 Å². The van der Waals surface area contributed by atoms with E-state index in [9.17, 15) is 17.6 Å². The highest BCUT2D eigenvalue weighted by molar-refractivity contribution is 5.68. The number of aromatic nitrogens is 2. The van der Waals surface area contributed by atoms with Crippen LogP contribution in [-0.2, 0) is 26.2 Å². The second kappa shape index (κ2) is 14.2. The minimum absolute atomic E-state index is 0.0639. The van der Waals surface area contributed by atoms with Gasteiger partial charge < -0.3 is 9.30 Å². The number of unbranched alkanes of at least 4 members (excludes halogenated alkanes) is 1. The summed E-state index contributed by atoms with van der Waals surface area (Å²) in [5.74, 6) is -0.372. The lowest BCUT2D eigenvalue weighted by Crippen LogP contribution is -2.25. The Bertz CT molecular complexity index is 1590. The van der Waals surface area contributed by atoms with Crippen LogP contribution < -0.4 is 4.74 Å². The van der Waals surface area contributed by atoms with Crippen LogP contribution in [0.1, 0.15) is 36.6 Å². The average Bonchev–Trinajstić information content (AvgIpc) is 3.35. The zero-order valence-corrected chi connectivity index (χ0v) is 23.9. The summed E-state index contributed by atoms with van der Waals surface area (Å²) >= 11 is 0. The largest absolute Gasteiger partial charge is 0.435 e. The van der Waals surface area contributed by atoms with Crippen LogP contribution in [-0.4, -0.2) is 21.1 Å². The summed E-state index contributed by atoms with van der Waals surface area (Å²) < 4.78 is 60.6. The highest BCUT2D eigenvalue weighted by atomic mass is 19.3. The minimum atomic E-state index is -2.91. The van der Waals surface area contributed by atoms with Gasteiger partial charge in [0, 0.05) is 43.4 Å². The number of hydrogen-bond donors (Lipinski definition) is 0. The standard InChI is InChI=1S/C35H33F4N3O/c1-2-3-18-42-32(33(27-10-6-4-7-11-27)40-34(42)28-12-8-5-9-13-28)24-41(23-26-19-29(36)21-30(37)20-26)22-25-14-16-31(17-15-25)43-35(38)39/h4-17,19-21,35H,2-3,18,22-24H2,1H3. The Morgan fingerprint density at radius 3 is 1.95 bits per heavy atom. The summed E-state index contributed by atoms with van der Waals surface area (Å²) in [6, 6.07) is 29.9. The predicted octanol–water partition coefficient (Wildman–Crippen LogP) is 9.10. The highest BCUT2D eigenvalue weighted by Gasteiger charge is 2.22. The molecule has 0 saturated carbocycles. The molecule has 0 spiro atoms. The fraction of sp³-hybridized carbons (Fsp3) is 0.229. The molecule has 0 unspecified atom stereocenters. The smallest absolute Gasteiger partial charge is 0.387 e. The van der Waals surface area contributed by atoms with Gasteiger partial charge in [0.05, 0.1) is 11.4 Å². The van der Waals surface area contributed by atoms with Crippen molar-refractivity contribution in [3.05, 3.63) is 132 Å². The summed E-state index contributed by atoms with van der Waals surface area (Å²) in [4.78, 5) is 7.25. The third-order valence-corrected chi connectivity index (χ3v) is 7.14. The van der Waals surface area contributed by atoms with Gasteiger partial charge in [0.1, 0.15) is 23.2 Å². The number of rotatable bonds is 13. The van der Waals surface area contributed by atoms with E-state index in [1.165, 1.54) is 24.3 Å². The molecule has 8 heteroatoms. The molecule has 4 nitrogen and oxygen atoms in total. The first-order valence-corrected chi connectivity index (χ1v) is 14.3. The minimum Gasteiger partial charge on any atom is -0.435 e. The molecule has 222 valence electrons. The van der Waals surface area contributed by atoms with Gasteiger partial charge in [0.2, 0.25) is 0 Å². The van der Waals surface area contributed by atoms with Crippen LogP contribution >= 0.6 is 0 Å². The van der Waals surface area contributed by atoms with Gasteiger partial charge in [-0.25, -0.2) is 13.8 Å². The first-order valence-electron chi connectivity index (χ1n) is 14.3. The third-order valence-electron chi connectivity index (χ3n) is 7.14. The molecule has 0 radical (unpaired) electrons. The Balaban J connectivity index is 1.58. The Labute approximate surface area is 249 Å². The van der Waals surface area contributed by atoms with Crippen molar-refractivity contribution in [2.75, 3.05) is 0 Å². The lowest BCUT2D eigenvalue weighted by atomic mass is 10.1. The molecule has 0 aliphatic rings. The summed E-state index contributed by atoms with van der Waals surface area (Å²) in [5.41, 5.74) is 5.10. The van der Waals surface area contributed by atoms with E-state index in [1.807, 2.05) is 60.7 Å². The Morgan fingerprint density at radius 1 is 0.744 bits per heavy atom. The van der Waals surface area contributed by atoms with Gasteiger partial charge in [-0.1, -0.05) is 86.1 Å². The fourth-order valence-corrected chi connectivity index (χ4v) is 5.21. The second-order valence-corrected chi connectivity index (χ2v) is 10.4. The number of alkyl halides is 2. The maximum absolute atomic E-state index is 14.2. The van der Waals surface area contributed by atoms with E-state index < -0.39 is 18.2 Å². The number of imidazole rings is 1. The van der Waals surface area contributed by atoms with Crippen molar-refractivity contribution in [2.45, 2.75) is 52.6 Å². The molecule has 0 saturated heterocycles. The number of nitrogens with zero attached hydrogens (tertiary/aromatic N) is 3. The van der Waals surface area contributed by atoms with Crippen molar-refractivity contribution in [2.24, 2.45) is 0 Å². The molecule has 0 atom stereocenters. The third kappa shape index (κ3) is 7.90. The lowest BCUT2D eigenvalue weighted by Gasteiger charge is -2.25. The fourth-order valence-electron chi connectivity index (χ4n) is 5.21. The predicted molar refractivity (Wildman–Crippen MR) is 160 cm³/mol. The molecule has 43 heavy (non-hydrogen) atoms. The van der Waals surface area contributed by atoms with Gasteiger partial charge in [-0.05, 0) is 41.8 Å². The van der Waals surface area contributed by atoms with Crippen molar-refractivity contribution in [1.29, 1.82) is 0 Å². The van der Waals surface area contributed by atoms with E-state index in [2.05, 4.69) is 21.1 Å². The number of hydrogen-bond acceptors (Lipinski definition) is 3. The van der Waals surface area contributed by atoms with Crippen LogP contribution in [0, 0.1) is 11.6 Å². The summed E-state index contributed by atoms with van der Waals surface area (Å²) in [6.45, 7) is 1.03. The molecule has 0 fully saturated rings. The Hall–Kier alpha value is -4.43. The van der Waals surface area contributed by atoms with Crippen LogP contribution in [0.2, 0.25) is 0 Å². The Morgan fingerprint density at radius 2 is 1.35 bits per heavy atom. The van der Waals surface area contributed by atoms with Gasteiger partial charge in [-0.2, -0.15) is 8.78 Å². The van der Waals surface area contributed by atoms with Crippen LogP contribution in [0.5, 0.6) is 5.75 Å². The molecule has 5 aromatic rings. The first kappa shape index (κ1) is 30.0. The summed E-state index contributed by atoms with van der Waals surface area (Å²) in [6.07, 6.45) is 1.93. The maximum atomic E-state index is 14.2. The molecule has 0 aliphatic carbocycles. The molecular formula is C35H33F4N3O. The van der Waals surface area contributed by atoms with Crippen molar-refractivity contribution < 1.29 is 22.3 Å². The van der Waals surface area contributed by atoms with E-state index in [-0.39, 0.29) is 12.3 Å². The van der Waals surface area contributed by atoms with Crippen molar-refractivity contribution in [3.8, 4) is 28.4 Å². The Kier molecular flexibility index (Phi) is 9.89. The summed E-state index contributed by atoms with van der Waals surface area (Å²) in [5, 5.41) is 0. The number of halogens is 4. The highest BCUT2D eigenvalue weighted by Crippen LogP contribution is 2.32. The van der Waals surface area contributed by atoms with Crippen molar-refractivity contribution in [1.82, 2.24) is 14.5 Å². The van der Waals surface area contributed by atoms with Crippen LogP contribution in [0.25, 0.3) is 22.6 Å². The van der Waals surface area contributed by atoms with Gasteiger partial charge in [0.25, 0.3) is 0 Å². The van der Waals surface area contributed by atoms with E-state index in [1.54, 1.807) is 12.1 Å². The second-order valence-electron chi connectivity index (χ2n) is 10.4. The molecular weight excluding hydrogens is 554 g/mol. The van der Waals surface area contributed by atoms with E-state index in [0.717, 1.165) is 59.4 Å². The summed E-state index contributed by atoms with van der Waals surface area (Å²) in [7, 11) is 0. The zero-order chi connectivity index (χ0) is 30.2. The molecule has 0 N–H and O–H groups in total. The normalized spacial score (nSPS) is 11.4. The molecule has 4 aromatic carbocycles. The van der Waals surface area contributed by atoms with E-state index in [4.69, 9.17) is 4.98 Å². The number of benzene rings is 4. The lowest BCUT2D eigenvalue weighted by molar-refractivity contribution is -0.0498. The van der Waals surface area contributed by atoms with E-state index >= 15 is 0 Å². The van der Waals surface area contributed by atoms with Gasteiger partial charge >= 0.3 is 6.61 Å². The topological polar surface area (TPSA) is 30.3 Å². The molecule has 5 rings (SSSR count). The van der Waals surface area contributed by atoms with Gasteiger partial charge in [-0.3, -0.25) is 4.90 Å². The molecule has 1 heterocycles. The van der Waals surface area contributed by atoms with Crippen LogP contribution in [0.3, 0.4) is 0 Å². The quantitative estimate of drug-likeness (QED) is 0.129. The number of ether oxygens (including phenoxy) is 1. The zero-order valence-electron chi connectivity index (χ0n) is 23.9. The van der Waals surface area contributed by atoms with E-state index in [0.29, 0.717) is 18.7 Å². The van der Waals surface area contributed by atoms with Crippen LogP contribution in [0.4, 0.5) is 17.6 Å². The molecule has 0 amide bonds. The molecule has 0 aliphatic heterocycles.